The van der Waals surface area contributed by atoms with E-state index in [2.05, 4.69) is 25.4 Å². The van der Waals surface area contributed by atoms with Gasteiger partial charge in [-0.2, -0.15) is 4.98 Å². The number of nitrogen functional groups attached to an aromatic ring is 1. The number of carboxylic acid groups (broad SMARTS) is 1. The van der Waals surface area contributed by atoms with Crippen LogP contribution in [0.25, 0.3) is 0 Å². The summed E-state index contributed by atoms with van der Waals surface area (Å²) in [6.07, 6.45) is 5.73. The van der Waals surface area contributed by atoms with Gasteiger partial charge in [0, 0.05) is 29.0 Å². The molecule has 1 unspecified atom stereocenters. The zero-order valence-corrected chi connectivity index (χ0v) is 19.0. The number of rotatable bonds is 8. The summed E-state index contributed by atoms with van der Waals surface area (Å²) in [5, 5.41) is 29.0. The van der Waals surface area contributed by atoms with E-state index in [4.69, 9.17) is 15.4 Å². The molecule has 182 valence electrons. The lowest BCUT2D eigenvalue weighted by atomic mass is 10.0. The highest BCUT2D eigenvalue weighted by Gasteiger charge is 2.53. The maximum absolute atomic E-state index is 12.9. The van der Waals surface area contributed by atoms with Crippen molar-refractivity contribution in [3.05, 3.63) is 53.3 Å². The molecule has 0 bridgehead atoms. The number of pyridine rings is 1. The third-order valence-electron chi connectivity index (χ3n) is 5.19. The molecule has 1 saturated heterocycles. The highest BCUT2D eigenvalue weighted by Crippen LogP contribution is 2.40. The Morgan fingerprint density at radius 3 is 2.83 bits per heavy atom. The zero-order valence-electron chi connectivity index (χ0n) is 18.2. The highest BCUT2D eigenvalue weighted by atomic mass is 32.2. The maximum atomic E-state index is 12.9. The van der Waals surface area contributed by atoms with E-state index in [9.17, 15) is 19.5 Å². The molecule has 0 radical (unpaired) electrons. The molecule has 0 aliphatic carbocycles. The summed E-state index contributed by atoms with van der Waals surface area (Å²) in [7, 11) is 1.23. The molecular weight excluding hydrogens is 482 g/mol. The number of fused-ring (bicyclic) bond motifs is 1. The number of amides is 2. The molecule has 2 aliphatic rings. The summed E-state index contributed by atoms with van der Waals surface area (Å²) < 4.78 is 6.60. The molecule has 0 spiro atoms. The molecular formula is C20H19N7O7S. The predicted molar refractivity (Wildman–Crippen MR) is 118 cm³/mol. The van der Waals surface area contributed by atoms with Crippen LogP contribution in [0.3, 0.4) is 0 Å². The number of anilines is 1. The number of β-lactam (4-membered cyclic amide) rings is 1. The number of nitrogens with two attached hydrogens (primary N) is 1. The van der Waals surface area contributed by atoms with Crippen LogP contribution in [-0.2, 0) is 25.8 Å². The van der Waals surface area contributed by atoms with Crippen molar-refractivity contribution >= 4 is 47.5 Å². The second-order valence-electron chi connectivity index (χ2n) is 7.34. The SMILES string of the molecule is CON=C(C(=O)NC1C(=O)N2C(C(=O)[O-])=C(C[n+]3ccc(C=NO)cc3)CS[C@@H]12)c1coc(N)n1. The Morgan fingerprint density at radius 1 is 1.49 bits per heavy atom. The van der Waals surface area contributed by atoms with Gasteiger partial charge in [0.05, 0.1) is 17.9 Å². The van der Waals surface area contributed by atoms with Gasteiger partial charge in [0.2, 0.25) is 0 Å². The van der Waals surface area contributed by atoms with Crippen molar-refractivity contribution in [2.45, 2.75) is 18.0 Å². The molecule has 2 aromatic heterocycles. The fourth-order valence-electron chi connectivity index (χ4n) is 3.64. The van der Waals surface area contributed by atoms with Gasteiger partial charge >= 0.3 is 0 Å². The Kier molecular flexibility index (Phi) is 6.68. The lowest BCUT2D eigenvalue weighted by Crippen LogP contribution is -2.71. The third kappa shape index (κ3) is 4.65. The molecule has 4 rings (SSSR count). The Morgan fingerprint density at radius 2 is 2.23 bits per heavy atom. The van der Waals surface area contributed by atoms with Crippen molar-refractivity contribution in [3.8, 4) is 0 Å². The third-order valence-corrected chi connectivity index (χ3v) is 6.53. The zero-order chi connectivity index (χ0) is 25.1. The first-order chi connectivity index (χ1) is 16.8. The van der Waals surface area contributed by atoms with Crippen LogP contribution in [0.15, 0.2) is 56.8 Å². The van der Waals surface area contributed by atoms with E-state index in [0.29, 0.717) is 11.1 Å². The molecule has 4 heterocycles. The summed E-state index contributed by atoms with van der Waals surface area (Å²) in [5.74, 6) is -2.59. The first-order valence-corrected chi connectivity index (χ1v) is 11.1. The number of hydrogen-bond acceptors (Lipinski definition) is 12. The largest absolute Gasteiger partial charge is 0.543 e. The average molecular weight is 501 g/mol. The van der Waals surface area contributed by atoms with Gasteiger partial charge in [-0.05, 0) is 0 Å². The van der Waals surface area contributed by atoms with Gasteiger partial charge in [-0.15, -0.1) is 11.8 Å². The van der Waals surface area contributed by atoms with Gasteiger partial charge < -0.3 is 35.4 Å². The minimum Gasteiger partial charge on any atom is -0.543 e. The van der Waals surface area contributed by atoms with Crippen LogP contribution < -0.4 is 20.7 Å². The lowest BCUT2D eigenvalue weighted by Gasteiger charge is -2.50. The number of oxazole rings is 1. The molecule has 0 aromatic carbocycles. The molecule has 35 heavy (non-hydrogen) atoms. The molecule has 14 nitrogen and oxygen atoms in total. The Labute approximate surface area is 201 Å². The van der Waals surface area contributed by atoms with Crippen molar-refractivity contribution in [2.75, 3.05) is 18.6 Å². The number of carboxylic acids is 1. The van der Waals surface area contributed by atoms with E-state index in [1.54, 1.807) is 29.1 Å². The number of carbonyl (C=O) groups is 3. The van der Waals surface area contributed by atoms with Crippen molar-refractivity contribution in [1.29, 1.82) is 0 Å². The van der Waals surface area contributed by atoms with Crippen molar-refractivity contribution in [3.63, 3.8) is 0 Å². The molecule has 2 atom stereocenters. The molecule has 4 N–H and O–H groups in total. The summed E-state index contributed by atoms with van der Waals surface area (Å²) >= 11 is 1.30. The number of hydrogen-bond donors (Lipinski definition) is 3. The van der Waals surface area contributed by atoms with Gasteiger partial charge in [0.1, 0.15) is 30.5 Å². The van der Waals surface area contributed by atoms with Crippen molar-refractivity contribution in [1.82, 2.24) is 15.2 Å². The molecule has 2 aromatic rings. The summed E-state index contributed by atoms with van der Waals surface area (Å²) in [4.78, 5) is 47.2. The molecule has 15 heteroatoms. The second kappa shape index (κ2) is 9.84. The summed E-state index contributed by atoms with van der Waals surface area (Å²) in [6, 6.07) is 2.18. The number of thioether (sulfide) groups is 1. The minimum absolute atomic E-state index is 0.00712. The molecule has 2 aliphatic heterocycles. The van der Waals surface area contributed by atoms with E-state index >= 15 is 0 Å². The van der Waals surface area contributed by atoms with Gasteiger partial charge in [0.25, 0.3) is 17.8 Å². The molecule has 1 fully saturated rings. The van der Waals surface area contributed by atoms with E-state index in [1.807, 2.05) is 0 Å². The van der Waals surface area contributed by atoms with Crippen LogP contribution in [0.2, 0.25) is 0 Å². The van der Waals surface area contributed by atoms with Crippen LogP contribution in [0, 0.1) is 0 Å². The highest BCUT2D eigenvalue weighted by molar-refractivity contribution is 8.00. The number of nitrogens with zero attached hydrogens (tertiary/aromatic N) is 5. The van der Waals surface area contributed by atoms with E-state index in [-0.39, 0.29) is 35.4 Å². The normalized spacial score (nSPS) is 20.0. The van der Waals surface area contributed by atoms with Crippen molar-refractivity contribution < 1.29 is 38.5 Å². The molecule has 0 saturated carbocycles. The fraction of sp³-hybridized carbons (Fsp3) is 0.250. The number of nitrogens with one attached hydrogen (secondary N) is 1. The van der Waals surface area contributed by atoms with Crippen LogP contribution in [0.4, 0.5) is 6.01 Å². The number of aliphatic carboxylic acids is 1. The van der Waals surface area contributed by atoms with Crippen LogP contribution >= 0.6 is 11.8 Å². The topological polar surface area (TPSA) is 200 Å². The second-order valence-corrected chi connectivity index (χ2v) is 8.45. The van der Waals surface area contributed by atoms with Crippen LogP contribution in [0.1, 0.15) is 11.3 Å². The summed E-state index contributed by atoms with van der Waals surface area (Å²) in [5.41, 5.74) is 6.08. The summed E-state index contributed by atoms with van der Waals surface area (Å²) in [6.45, 7) is 0.193. The van der Waals surface area contributed by atoms with Crippen LogP contribution in [0.5, 0.6) is 0 Å². The smallest absolute Gasteiger partial charge is 0.292 e. The van der Waals surface area contributed by atoms with Gasteiger partial charge in [-0.1, -0.05) is 10.3 Å². The van der Waals surface area contributed by atoms with Crippen LogP contribution in [-0.4, -0.2) is 69.1 Å². The molecule has 2 amide bonds. The monoisotopic (exact) mass is 501 g/mol. The fourth-order valence-corrected chi connectivity index (χ4v) is 4.98. The van der Waals surface area contributed by atoms with Gasteiger partial charge in [-0.3, -0.25) is 14.5 Å². The lowest BCUT2D eigenvalue weighted by molar-refractivity contribution is -0.689. The Bertz CT molecular complexity index is 1250. The number of oxime groups is 2. The van der Waals surface area contributed by atoms with Gasteiger partial charge in [-0.25, -0.2) is 4.57 Å². The number of aromatic nitrogens is 2. The minimum atomic E-state index is -1.49. The Balaban J connectivity index is 1.51. The quantitative estimate of drug-likeness (QED) is 0.117. The maximum Gasteiger partial charge on any atom is 0.292 e. The van der Waals surface area contributed by atoms with E-state index in [0.717, 1.165) is 11.2 Å². The first-order valence-electron chi connectivity index (χ1n) is 10.0. The van der Waals surface area contributed by atoms with E-state index in [1.165, 1.54) is 25.1 Å². The van der Waals surface area contributed by atoms with Crippen molar-refractivity contribution in [2.24, 2.45) is 10.3 Å². The average Bonchev–Trinajstić information content (AvgIpc) is 3.27. The number of carbonyl (C=O) groups excluding carboxylic acids is 3. The standard InChI is InChI=1S/C20H19N7O7S/c1-33-25-13(12-8-34-20(21)23-12)16(28)24-14-17(29)27-15(19(30)31)11(9-35-18(14)27)7-26-4-2-10(3-5-26)6-22-32/h2-6,8,14,18H,7,9H2,1H3,(H4,21,23,24,28,30,31)/t14?,18-/m0/s1. The van der Waals surface area contributed by atoms with E-state index < -0.39 is 29.2 Å². The first kappa shape index (κ1) is 23.7. The van der Waals surface area contributed by atoms with Gasteiger partial charge in [0.15, 0.2) is 24.7 Å². The Hall–Kier alpha value is -4.40. The predicted octanol–water partition coefficient (Wildman–Crippen LogP) is -2.19.